The maximum absolute atomic E-state index is 14.0. The molecule has 27 heteroatoms. The van der Waals surface area contributed by atoms with Crippen LogP contribution in [-0.4, -0.2) is 190 Å². The number of halogens is 7. The molecular formula is C97H120Cl2F5N5O13Sn2. The van der Waals surface area contributed by atoms with E-state index in [4.69, 9.17) is 51.6 Å². The van der Waals surface area contributed by atoms with Crippen molar-refractivity contribution in [2.75, 3.05) is 33.4 Å². The molecule has 124 heavy (non-hydrogen) atoms. The summed E-state index contributed by atoms with van der Waals surface area (Å²) in [6, 6.07) is 53.2. The van der Waals surface area contributed by atoms with Crippen molar-refractivity contribution in [2.24, 2.45) is 27.7 Å². The van der Waals surface area contributed by atoms with Crippen LogP contribution in [0.1, 0.15) is 221 Å². The topological polar surface area (TPSA) is 221 Å². The van der Waals surface area contributed by atoms with Gasteiger partial charge in [-0.3, -0.25) is 24.1 Å². The number of ketones is 3. The Bertz CT molecular complexity index is 4810. The second-order valence-corrected chi connectivity index (χ2v) is 67.6. The molecule has 3 aliphatic carbocycles. The Labute approximate surface area is 745 Å². The number of alkyl halides is 7. The molecule has 3 amide bonds. The zero-order chi connectivity index (χ0) is 90.6. The molecule has 0 bridgehead atoms. The molecule has 2 saturated heterocycles. The molecule has 0 aromatic heterocycles. The number of benzene rings is 7. The molecule has 7 aliphatic rings. The summed E-state index contributed by atoms with van der Waals surface area (Å²) >= 11 is 6.58. The first-order valence-electron chi connectivity index (χ1n) is 42.7. The molecule has 10 atom stereocenters. The quantitative estimate of drug-likeness (QED) is 0.0264. The van der Waals surface area contributed by atoms with Crippen molar-refractivity contribution in [2.45, 2.75) is 238 Å². The summed E-state index contributed by atoms with van der Waals surface area (Å²) in [5.41, 5.74) is 4.33. The van der Waals surface area contributed by atoms with Gasteiger partial charge in [-0.25, -0.2) is 23.0 Å². The third kappa shape index (κ3) is 25.6. The molecule has 7 aromatic rings. The van der Waals surface area contributed by atoms with Crippen LogP contribution in [0.5, 0.6) is 0 Å². The SMILES string of the molecule is CC(C)(C)OC(=O)N1[C@H](CF)[C@@H](c2cc[c]([Sn]([CH3])([CH3])[CH3])cc2)OC1(C)C.CC(C)(C)OC(=O)N1[C@H](CF)[C@@H](c2ccc(C(=O)C3CC3)cc2)OC1(C)C.O=C(N[C@H](CF)[C@H](O)c1ccc(C(=O)C2CCC2)cc1)C(Cl)Cl.O=C(c1ccc([C@H]2OC(c3ccccc3)=N[C@@H]2CF)cc1)C1CCC1.[CH3][Sn]([CH3])([CH3])[c]1ccc([C@H]2OC(c3ccccc3)=N[C@@H]2CF)cc1. The predicted molar refractivity (Wildman–Crippen MR) is 482 cm³/mol. The molecule has 18 nitrogen and oxygen atoms in total. The number of Topliss-reactive ketones (excluding diaryl/α,β-unsaturated/α-hetero) is 3. The van der Waals surface area contributed by atoms with Gasteiger partial charge < -0.3 is 24.6 Å². The Morgan fingerprint density at radius 3 is 1.06 bits per heavy atom. The average molecular weight is 1970 g/mol. The zero-order valence-corrected chi connectivity index (χ0v) is 81.1. The summed E-state index contributed by atoms with van der Waals surface area (Å²) in [6.45, 7) is 14.2. The van der Waals surface area contributed by atoms with Gasteiger partial charge in [-0.15, -0.1) is 0 Å². The fourth-order valence-electron chi connectivity index (χ4n) is 15.3. The number of carbonyl (C=O) groups excluding carboxylic acids is 6. The van der Waals surface area contributed by atoms with Gasteiger partial charge >= 0.3 is 308 Å². The third-order valence-electron chi connectivity index (χ3n) is 22.7. The second-order valence-electron chi connectivity index (χ2n) is 37.5. The van der Waals surface area contributed by atoms with E-state index in [0.29, 0.717) is 28.5 Å². The van der Waals surface area contributed by atoms with Crippen LogP contribution in [0.25, 0.3) is 0 Å². The number of hydrogen-bond donors (Lipinski definition) is 2. The van der Waals surface area contributed by atoms with Crippen LogP contribution < -0.4 is 12.5 Å². The summed E-state index contributed by atoms with van der Waals surface area (Å²) in [5.74, 6) is 1.14. The summed E-state index contributed by atoms with van der Waals surface area (Å²) in [6.07, 6.45) is 3.61. The van der Waals surface area contributed by atoms with E-state index >= 15 is 0 Å². The number of aliphatic hydroxyl groups excluding tert-OH is 1. The van der Waals surface area contributed by atoms with Crippen LogP contribution in [0, 0.1) is 17.8 Å². The van der Waals surface area contributed by atoms with Crippen LogP contribution in [0.15, 0.2) is 192 Å². The minimum absolute atomic E-state index is 0.0908. The molecular weight excluding hydrogens is 1850 g/mol. The number of ether oxygens (including phenoxy) is 6. The van der Waals surface area contributed by atoms with Crippen molar-refractivity contribution < 1.29 is 84.2 Å². The van der Waals surface area contributed by atoms with Crippen LogP contribution >= 0.6 is 23.2 Å². The van der Waals surface area contributed by atoms with Crippen molar-refractivity contribution in [3.63, 3.8) is 0 Å². The molecule has 2 N–H and O–H groups in total. The van der Waals surface area contributed by atoms with Gasteiger partial charge in [0, 0.05) is 40.0 Å². The van der Waals surface area contributed by atoms with E-state index in [0.717, 1.165) is 90.3 Å². The molecule has 7 aromatic carbocycles. The molecule has 5 fully saturated rings. The number of hydrogen-bond acceptors (Lipinski definition) is 15. The van der Waals surface area contributed by atoms with Crippen molar-refractivity contribution in [1.29, 1.82) is 0 Å². The molecule has 3 saturated carbocycles. The number of nitrogens with one attached hydrogen (secondary N) is 1. The second kappa shape index (κ2) is 42.4. The van der Waals surface area contributed by atoms with Gasteiger partial charge in [0.25, 0.3) is 5.91 Å². The predicted octanol–water partition coefficient (Wildman–Crippen LogP) is 20.9. The van der Waals surface area contributed by atoms with Crippen molar-refractivity contribution in [1.82, 2.24) is 15.1 Å². The summed E-state index contributed by atoms with van der Waals surface area (Å²) in [4.78, 5) is 97.8. The number of aliphatic imine (C=N–C) groups is 2. The molecule has 4 heterocycles. The average Bonchev–Trinajstić information content (AvgIpc) is 1.61. The Kier molecular flexibility index (Phi) is 33.7. The van der Waals surface area contributed by atoms with E-state index in [9.17, 15) is 55.8 Å². The number of carbonyl (C=O) groups is 6. The minimum atomic E-state index is -2.15. The normalized spacial score (nSPS) is 22.0. The van der Waals surface area contributed by atoms with Crippen LogP contribution in [0.4, 0.5) is 31.5 Å². The molecule has 4 aliphatic heterocycles. The standard InChI is InChI=1S/C21H28FNO4.C21H20FNO2.C17H23FNO3.C16H18Cl2FNO3.C16H13FNO.6CH3.2Sn/c1-20(2,3)27-19(25)23-16(12-22)18(26-21(23,4)5)15-10-8-14(9-11-15)17(24)13-6-7-13;22-13-18-20(25-21(23-18)17-5-2-1-3-6-17)16-11-9-15(10-12-16)19(24)14-7-4-8-14;1-16(2,3)22-15(20)19-13(11-18)14(21-17(19,4)5)12-9-7-6-8-10-12;17-15(18)16(23)20-12(8-19)14(22)11-6-4-10(5-7-11)13(21)9-2-1-3-9;17-11-14-15(12-7-3-1-4-8-12)19-16(18-14)13-9-5-2-6-10-13;;;;;;;;/h8-11,13,16,18H,6-7,12H2,1-5H3;1-3,5-6,9-12,14,18,20H,4,7-8,13H2;7-10,13-14H,11H2,1-5H3;4-7,9,12,14-15,22H,1-3,8H2,(H,20,23);2-10,14-15H,11H2;6*1H3;;/t16-,18-;18-,20-;13-,14-;12-,14-;14-,15-;;;;;;;;/m11111......../s1. The van der Waals surface area contributed by atoms with Gasteiger partial charge in [0.15, 0.2) is 28.3 Å². The summed E-state index contributed by atoms with van der Waals surface area (Å²) < 4.78 is 106. The van der Waals surface area contributed by atoms with Crippen molar-refractivity contribution >= 4 is 114 Å². The van der Waals surface area contributed by atoms with Gasteiger partial charge in [0.05, 0.1) is 12.1 Å². The summed E-state index contributed by atoms with van der Waals surface area (Å²) in [5, 5.41) is 12.4. The van der Waals surface area contributed by atoms with E-state index in [1.165, 1.54) is 17.0 Å². The molecule has 0 radical (unpaired) electrons. The first-order chi connectivity index (χ1) is 58.5. The monoisotopic (exact) mass is 1970 g/mol. The molecule has 0 spiro atoms. The third-order valence-corrected chi connectivity index (χ3v) is 34.9. The van der Waals surface area contributed by atoms with Gasteiger partial charge in [-0.1, -0.05) is 127 Å². The fourth-order valence-corrected chi connectivity index (χ4v) is 22.1. The van der Waals surface area contributed by atoms with Gasteiger partial charge in [0.2, 0.25) is 5.90 Å². The van der Waals surface area contributed by atoms with Gasteiger partial charge in [0.1, 0.15) is 49.6 Å². The molecule has 668 valence electrons. The first-order valence-corrected chi connectivity index (χ1v) is 63.5. The fraction of sp³-hybridized carbons (Fsp3) is 0.485. The number of amides is 3. The Hall–Kier alpha value is -7.79. The first kappa shape index (κ1) is 98.4. The Balaban J connectivity index is 0.000000162. The van der Waals surface area contributed by atoms with Crippen molar-refractivity contribution in [3.8, 4) is 0 Å². The van der Waals surface area contributed by atoms with Gasteiger partial charge in [-0.05, 0) is 102 Å². The van der Waals surface area contributed by atoms with E-state index in [2.05, 4.69) is 81.3 Å². The molecule has 0 unspecified atom stereocenters. The summed E-state index contributed by atoms with van der Waals surface area (Å²) in [7, 11) is 0. The number of aliphatic hydroxyl groups is 1. The van der Waals surface area contributed by atoms with Gasteiger partial charge in [-0.2, -0.15) is 0 Å². The van der Waals surface area contributed by atoms with Crippen LogP contribution in [-0.2, 0) is 33.2 Å². The van der Waals surface area contributed by atoms with E-state index < -0.39 is 170 Å². The zero-order valence-electron chi connectivity index (χ0n) is 73.9. The number of nitrogens with zero attached hydrogens (tertiary/aromatic N) is 4. The Morgan fingerprint density at radius 2 is 0.782 bits per heavy atom. The number of rotatable bonds is 23. The van der Waals surface area contributed by atoms with Crippen molar-refractivity contribution in [3.05, 3.63) is 238 Å². The Morgan fingerprint density at radius 1 is 0.468 bits per heavy atom. The van der Waals surface area contributed by atoms with E-state index in [1.54, 1.807) is 118 Å². The maximum atomic E-state index is 14.0. The van der Waals surface area contributed by atoms with Crippen LogP contribution in [0.2, 0.25) is 29.6 Å². The molecule has 14 rings (SSSR count). The van der Waals surface area contributed by atoms with E-state index in [1.807, 2.05) is 97.1 Å². The van der Waals surface area contributed by atoms with Crippen LogP contribution in [0.3, 0.4) is 0 Å². The van der Waals surface area contributed by atoms with E-state index in [-0.39, 0.29) is 41.2 Å².